The molecule has 2 aromatic carbocycles. The number of para-hydroxylation sites is 1. The van der Waals surface area contributed by atoms with E-state index in [0.29, 0.717) is 36.8 Å². The van der Waals surface area contributed by atoms with E-state index in [2.05, 4.69) is 5.32 Å². The van der Waals surface area contributed by atoms with Gasteiger partial charge in [0.1, 0.15) is 11.4 Å². The minimum absolute atomic E-state index is 0.267. The lowest BCUT2D eigenvalue weighted by Crippen LogP contribution is -2.65. The van der Waals surface area contributed by atoms with Gasteiger partial charge < -0.3 is 24.8 Å². The van der Waals surface area contributed by atoms with Crippen LogP contribution in [0.25, 0.3) is 10.9 Å². The molecule has 2 aliphatic rings. The van der Waals surface area contributed by atoms with E-state index >= 15 is 0 Å². The van der Waals surface area contributed by atoms with E-state index in [1.807, 2.05) is 23.1 Å². The monoisotopic (exact) mass is 423 g/mol. The predicted octanol–water partition coefficient (Wildman–Crippen LogP) is 3.54. The Bertz CT molecular complexity index is 1140. The number of hydrogen-bond acceptors (Lipinski definition) is 6. The molecule has 5 rings (SSSR count). The van der Waals surface area contributed by atoms with Gasteiger partial charge in [-0.05, 0) is 43.0 Å². The summed E-state index contributed by atoms with van der Waals surface area (Å²) in [6.45, 7) is 1.13. The second kappa shape index (κ2) is 7.57. The molecule has 0 bridgehead atoms. The fraction of sp³-hybridized carbons (Fsp3) is 0.375. The number of aryl methyl sites for hydroxylation is 1. The molecule has 7 heteroatoms. The maximum atomic E-state index is 14.1. The fourth-order valence-electron chi connectivity index (χ4n) is 4.70. The number of methoxy groups -OCH3 is 2. The summed E-state index contributed by atoms with van der Waals surface area (Å²) < 4.78 is 25.0. The normalized spacial score (nSPS) is 16.7. The molecule has 2 heterocycles. The van der Waals surface area contributed by atoms with E-state index in [-0.39, 0.29) is 5.82 Å². The number of β-amino-alcohol motifs (C(OH)–C–C–N with tert-alkyl or cyclic N) is 1. The number of halogens is 1. The SMILES string of the molecule is COc1cc2nc3c(c(NCC4(O)CN(c5ccccc5F)C4)c2cc1OC)CCC3. The van der Waals surface area contributed by atoms with Crippen LogP contribution in [0, 0.1) is 5.82 Å². The van der Waals surface area contributed by atoms with Crippen molar-refractivity contribution in [2.45, 2.75) is 24.9 Å². The van der Waals surface area contributed by atoms with Crippen LogP contribution in [0.2, 0.25) is 0 Å². The van der Waals surface area contributed by atoms with Crippen molar-refractivity contribution >= 4 is 22.3 Å². The maximum absolute atomic E-state index is 14.1. The van der Waals surface area contributed by atoms with Crippen molar-refractivity contribution in [2.75, 3.05) is 44.1 Å². The van der Waals surface area contributed by atoms with Crippen LogP contribution in [0.4, 0.5) is 15.8 Å². The van der Waals surface area contributed by atoms with Crippen LogP contribution in [0.5, 0.6) is 11.5 Å². The molecular formula is C24H26FN3O3. The number of hydrogen-bond donors (Lipinski definition) is 2. The minimum Gasteiger partial charge on any atom is -0.493 e. The first kappa shape index (κ1) is 19.9. The molecule has 0 unspecified atom stereocenters. The number of nitrogens with one attached hydrogen (secondary N) is 1. The standard InChI is InChI=1S/C24H26FN3O3/c1-30-21-10-16-19(11-22(21)31-2)27-18-8-5-6-15(18)23(16)26-12-24(29)13-28(14-24)20-9-4-3-7-17(20)25/h3-4,7,9-11,29H,5-6,8,12-14H2,1-2H3,(H,26,27). The molecule has 0 atom stereocenters. The Labute approximate surface area is 180 Å². The quantitative estimate of drug-likeness (QED) is 0.632. The molecule has 0 amide bonds. The number of aliphatic hydroxyl groups is 1. The Kier molecular flexibility index (Phi) is 4.85. The molecule has 0 radical (unpaired) electrons. The van der Waals surface area contributed by atoms with Crippen LogP contribution < -0.4 is 19.7 Å². The molecule has 3 aromatic rings. The van der Waals surface area contributed by atoms with Gasteiger partial charge in [-0.25, -0.2) is 4.39 Å². The first-order valence-corrected chi connectivity index (χ1v) is 10.5. The predicted molar refractivity (Wildman–Crippen MR) is 119 cm³/mol. The van der Waals surface area contributed by atoms with Crippen LogP contribution in [0.1, 0.15) is 17.7 Å². The van der Waals surface area contributed by atoms with E-state index in [9.17, 15) is 9.50 Å². The highest BCUT2D eigenvalue weighted by Crippen LogP contribution is 2.40. The number of rotatable bonds is 6. The minimum atomic E-state index is -0.931. The molecule has 1 aromatic heterocycles. The first-order valence-electron chi connectivity index (χ1n) is 10.5. The Morgan fingerprint density at radius 3 is 2.61 bits per heavy atom. The van der Waals surface area contributed by atoms with E-state index in [0.717, 1.165) is 41.5 Å². The Balaban J connectivity index is 1.42. The number of pyridine rings is 1. The second-order valence-corrected chi connectivity index (χ2v) is 8.38. The van der Waals surface area contributed by atoms with Gasteiger partial charge >= 0.3 is 0 Å². The van der Waals surface area contributed by atoms with Gasteiger partial charge in [0.15, 0.2) is 11.5 Å². The number of fused-ring (bicyclic) bond motifs is 2. The highest BCUT2D eigenvalue weighted by Gasteiger charge is 2.42. The van der Waals surface area contributed by atoms with Crippen molar-refractivity contribution < 1.29 is 19.0 Å². The molecule has 6 nitrogen and oxygen atoms in total. The van der Waals surface area contributed by atoms with Gasteiger partial charge in [-0.2, -0.15) is 0 Å². The smallest absolute Gasteiger partial charge is 0.162 e. The van der Waals surface area contributed by atoms with Crippen LogP contribution in [0.3, 0.4) is 0 Å². The number of anilines is 2. The van der Waals surface area contributed by atoms with Crippen LogP contribution in [0.15, 0.2) is 36.4 Å². The molecule has 0 saturated carbocycles. The Hall–Kier alpha value is -3.06. The molecule has 1 aliphatic carbocycles. The van der Waals surface area contributed by atoms with Gasteiger partial charge in [0, 0.05) is 29.4 Å². The Morgan fingerprint density at radius 1 is 1.13 bits per heavy atom. The third kappa shape index (κ3) is 3.43. The summed E-state index contributed by atoms with van der Waals surface area (Å²) in [6.07, 6.45) is 2.96. The first-order chi connectivity index (χ1) is 15.0. The summed E-state index contributed by atoms with van der Waals surface area (Å²) in [5, 5.41) is 15.5. The van der Waals surface area contributed by atoms with Crippen molar-refractivity contribution in [2.24, 2.45) is 0 Å². The number of nitrogens with zero attached hydrogens (tertiary/aromatic N) is 2. The molecule has 31 heavy (non-hydrogen) atoms. The van der Waals surface area contributed by atoms with Crippen molar-refractivity contribution in [3.63, 3.8) is 0 Å². The largest absolute Gasteiger partial charge is 0.493 e. The molecule has 1 saturated heterocycles. The summed E-state index contributed by atoms with van der Waals surface area (Å²) in [5.74, 6) is 1.02. The van der Waals surface area contributed by atoms with E-state index in [1.165, 1.54) is 11.6 Å². The number of ether oxygens (including phenoxy) is 2. The van der Waals surface area contributed by atoms with Crippen molar-refractivity contribution in [1.29, 1.82) is 0 Å². The van der Waals surface area contributed by atoms with Gasteiger partial charge in [-0.1, -0.05) is 12.1 Å². The zero-order valence-corrected chi connectivity index (χ0v) is 17.7. The van der Waals surface area contributed by atoms with Crippen LogP contribution in [-0.4, -0.2) is 49.5 Å². The maximum Gasteiger partial charge on any atom is 0.162 e. The summed E-state index contributed by atoms with van der Waals surface area (Å²) in [4.78, 5) is 6.71. The second-order valence-electron chi connectivity index (χ2n) is 8.38. The van der Waals surface area contributed by atoms with Crippen LogP contribution >= 0.6 is 0 Å². The number of aromatic nitrogens is 1. The zero-order valence-electron chi connectivity index (χ0n) is 17.7. The third-order valence-corrected chi connectivity index (χ3v) is 6.27. The van der Waals surface area contributed by atoms with Gasteiger partial charge in [0.2, 0.25) is 0 Å². The third-order valence-electron chi connectivity index (χ3n) is 6.27. The number of benzene rings is 2. The average molecular weight is 423 g/mol. The summed E-state index contributed by atoms with van der Waals surface area (Å²) >= 11 is 0. The van der Waals surface area contributed by atoms with Gasteiger partial charge in [-0.3, -0.25) is 4.98 Å². The average Bonchev–Trinajstić information content (AvgIpc) is 3.22. The van der Waals surface area contributed by atoms with Crippen molar-refractivity contribution in [1.82, 2.24) is 4.98 Å². The van der Waals surface area contributed by atoms with E-state index in [4.69, 9.17) is 14.5 Å². The lowest BCUT2D eigenvalue weighted by Gasteiger charge is -2.48. The topological polar surface area (TPSA) is 66.8 Å². The molecule has 2 N–H and O–H groups in total. The van der Waals surface area contributed by atoms with Crippen molar-refractivity contribution in [3.05, 3.63) is 53.5 Å². The van der Waals surface area contributed by atoms with Gasteiger partial charge in [0.25, 0.3) is 0 Å². The molecule has 162 valence electrons. The zero-order chi connectivity index (χ0) is 21.6. The summed E-state index contributed by atoms with van der Waals surface area (Å²) in [5.41, 5.74) is 3.73. The molecule has 0 spiro atoms. The lowest BCUT2D eigenvalue weighted by atomic mass is 9.92. The molecular weight excluding hydrogens is 397 g/mol. The fourth-order valence-corrected chi connectivity index (χ4v) is 4.70. The molecule has 1 aliphatic heterocycles. The van der Waals surface area contributed by atoms with Crippen molar-refractivity contribution in [3.8, 4) is 11.5 Å². The highest BCUT2D eigenvalue weighted by molar-refractivity contribution is 5.96. The van der Waals surface area contributed by atoms with Gasteiger partial charge in [0.05, 0.1) is 38.5 Å². The van der Waals surface area contributed by atoms with E-state index < -0.39 is 5.60 Å². The van der Waals surface area contributed by atoms with Gasteiger partial charge in [-0.15, -0.1) is 0 Å². The van der Waals surface area contributed by atoms with Crippen LogP contribution in [-0.2, 0) is 12.8 Å². The highest BCUT2D eigenvalue weighted by atomic mass is 19.1. The summed E-state index contributed by atoms with van der Waals surface area (Å²) in [7, 11) is 3.23. The molecule has 1 fully saturated rings. The Morgan fingerprint density at radius 2 is 1.87 bits per heavy atom. The van der Waals surface area contributed by atoms with E-state index in [1.54, 1.807) is 26.4 Å². The lowest BCUT2D eigenvalue weighted by molar-refractivity contribution is 0.0246. The summed E-state index contributed by atoms with van der Waals surface area (Å²) in [6, 6.07) is 10.5.